The Kier molecular flexibility index (Phi) is 5.56. The number of hydrogen-bond donors (Lipinski definition) is 0. The Bertz CT molecular complexity index is 856. The summed E-state index contributed by atoms with van der Waals surface area (Å²) in [5.41, 5.74) is 1.68. The van der Waals surface area contributed by atoms with E-state index in [0.29, 0.717) is 16.5 Å². The smallest absolute Gasteiger partial charge is 0.264 e. The van der Waals surface area contributed by atoms with Crippen molar-refractivity contribution in [2.75, 3.05) is 11.4 Å². The van der Waals surface area contributed by atoms with Gasteiger partial charge in [-0.1, -0.05) is 38.1 Å². The Morgan fingerprint density at radius 2 is 2.00 bits per heavy atom. The molecule has 1 saturated heterocycles. The molecule has 3 rings (SSSR count). The molecule has 1 aromatic heterocycles. The lowest BCUT2D eigenvalue weighted by molar-refractivity contribution is -0.122. The van der Waals surface area contributed by atoms with Crippen LogP contribution in [0, 0.1) is 0 Å². The Hall–Kier alpha value is -2.73. The predicted molar refractivity (Wildman–Crippen MR) is 107 cm³/mol. The van der Waals surface area contributed by atoms with Crippen LogP contribution >= 0.6 is 11.3 Å². The molecule has 1 unspecified atom stereocenters. The third kappa shape index (κ3) is 3.71. The number of benzene rings is 1. The van der Waals surface area contributed by atoms with Crippen molar-refractivity contribution >= 4 is 34.7 Å². The van der Waals surface area contributed by atoms with Gasteiger partial charge in [-0.25, -0.2) is 4.90 Å². The van der Waals surface area contributed by atoms with Crippen LogP contribution in [0.25, 0.3) is 0 Å². The molecule has 140 valence electrons. The molecule has 1 atom stereocenters. The first kappa shape index (κ1) is 19.0. The maximum atomic E-state index is 13.0. The number of hydrogen-bond acceptors (Lipinski definition) is 4. The third-order valence-corrected chi connectivity index (χ3v) is 5.49. The zero-order valence-electron chi connectivity index (χ0n) is 15.4. The van der Waals surface area contributed by atoms with Crippen molar-refractivity contribution in [2.24, 2.45) is 0 Å². The Morgan fingerprint density at radius 3 is 2.56 bits per heavy atom. The maximum Gasteiger partial charge on any atom is 0.264 e. The van der Waals surface area contributed by atoms with E-state index >= 15 is 0 Å². The fourth-order valence-electron chi connectivity index (χ4n) is 3.17. The van der Waals surface area contributed by atoms with Crippen LogP contribution in [0.15, 0.2) is 54.4 Å². The zero-order chi connectivity index (χ0) is 19.6. The van der Waals surface area contributed by atoms with Gasteiger partial charge in [-0.3, -0.25) is 14.4 Å². The number of anilines is 1. The number of imide groups is 1. The fraction of sp³-hybridized carbons (Fsp3) is 0.286. The van der Waals surface area contributed by atoms with Crippen molar-refractivity contribution in [3.63, 3.8) is 0 Å². The molecule has 1 aromatic carbocycles. The number of thiophene rings is 1. The normalized spacial score (nSPS) is 16.9. The molecule has 0 bridgehead atoms. The second-order valence-corrected chi connectivity index (χ2v) is 7.70. The lowest BCUT2D eigenvalue weighted by Crippen LogP contribution is -2.45. The van der Waals surface area contributed by atoms with Gasteiger partial charge in [0.2, 0.25) is 5.91 Å². The van der Waals surface area contributed by atoms with E-state index in [1.54, 1.807) is 30.3 Å². The molecule has 0 radical (unpaired) electrons. The molecule has 2 aromatic rings. The Morgan fingerprint density at radius 1 is 1.30 bits per heavy atom. The van der Waals surface area contributed by atoms with E-state index in [1.165, 1.54) is 21.1 Å². The summed E-state index contributed by atoms with van der Waals surface area (Å²) in [6.45, 7) is 8.06. The van der Waals surface area contributed by atoms with E-state index in [0.717, 1.165) is 5.56 Å². The number of carbonyl (C=O) groups is 3. The highest BCUT2D eigenvalue weighted by Crippen LogP contribution is 2.28. The summed E-state index contributed by atoms with van der Waals surface area (Å²) in [6, 6.07) is 10.1. The number of carbonyl (C=O) groups excluding carboxylic acids is 3. The Labute approximate surface area is 162 Å². The van der Waals surface area contributed by atoms with Gasteiger partial charge in [0.1, 0.15) is 6.04 Å². The van der Waals surface area contributed by atoms with E-state index in [9.17, 15) is 14.4 Å². The molecule has 2 heterocycles. The minimum atomic E-state index is -0.810. The van der Waals surface area contributed by atoms with Gasteiger partial charge in [0, 0.05) is 6.54 Å². The van der Waals surface area contributed by atoms with Crippen molar-refractivity contribution in [3.8, 4) is 0 Å². The topological polar surface area (TPSA) is 57.7 Å². The van der Waals surface area contributed by atoms with E-state index in [4.69, 9.17) is 0 Å². The van der Waals surface area contributed by atoms with Crippen LogP contribution in [0.3, 0.4) is 0 Å². The first-order valence-electron chi connectivity index (χ1n) is 8.86. The molecule has 0 aliphatic carbocycles. The number of amides is 3. The molecule has 5 nitrogen and oxygen atoms in total. The third-order valence-electron chi connectivity index (χ3n) is 4.64. The quantitative estimate of drug-likeness (QED) is 0.563. The van der Waals surface area contributed by atoms with Crippen molar-refractivity contribution in [3.05, 3.63) is 64.9 Å². The first-order valence-corrected chi connectivity index (χ1v) is 9.74. The van der Waals surface area contributed by atoms with Crippen LogP contribution in [0.2, 0.25) is 0 Å². The Balaban J connectivity index is 1.87. The fourth-order valence-corrected chi connectivity index (χ4v) is 3.85. The first-order chi connectivity index (χ1) is 12.9. The molecule has 1 aliphatic rings. The highest BCUT2D eigenvalue weighted by atomic mass is 32.1. The molecule has 0 spiro atoms. The molecule has 3 amide bonds. The highest BCUT2D eigenvalue weighted by Gasteiger charge is 2.44. The second-order valence-electron chi connectivity index (χ2n) is 6.76. The lowest BCUT2D eigenvalue weighted by Gasteiger charge is -2.26. The van der Waals surface area contributed by atoms with E-state index in [-0.39, 0.29) is 30.7 Å². The number of rotatable bonds is 6. The molecule has 6 heteroatoms. The summed E-state index contributed by atoms with van der Waals surface area (Å²) in [5.74, 6) is -0.560. The van der Waals surface area contributed by atoms with Gasteiger partial charge in [0.25, 0.3) is 11.8 Å². The van der Waals surface area contributed by atoms with Gasteiger partial charge in [-0.15, -0.1) is 17.9 Å². The average Bonchev–Trinajstić information content (AvgIpc) is 3.28. The summed E-state index contributed by atoms with van der Waals surface area (Å²) in [5, 5.41) is 1.81. The largest absolute Gasteiger partial charge is 0.322 e. The maximum absolute atomic E-state index is 13.0. The van der Waals surface area contributed by atoms with Crippen molar-refractivity contribution in [2.45, 2.75) is 32.2 Å². The summed E-state index contributed by atoms with van der Waals surface area (Å²) < 4.78 is 0. The van der Waals surface area contributed by atoms with E-state index in [1.807, 2.05) is 17.5 Å². The van der Waals surface area contributed by atoms with Crippen LogP contribution in [0.1, 0.15) is 41.4 Å². The molecule has 27 heavy (non-hydrogen) atoms. The van der Waals surface area contributed by atoms with Gasteiger partial charge < -0.3 is 4.90 Å². The monoisotopic (exact) mass is 382 g/mol. The van der Waals surface area contributed by atoms with Gasteiger partial charge in [-0.2, -0.15) is 0 Å². The van der Waals surface area contributed by atoms with Crippen molar-refractivity contribution < 1.29 is 14.4 Å². The lowest BCUT2D eigenvalue weighted by atomic mass is 10.0. The SMILES string of the molecule is C=CCN(C(=O)c1cccs1)C1CC(=O)N(c2ccc(C(C)C)cc2)C1=O. The predicted octanol–water partition coefficient (Wildman–Crippen LogP) is 3.83. The van der Waals surface area contributed by atoms with Crippen LogP contribution in [-0.4, -0.2) is 35.2 Å². The van der Waals surface area contributed by atoms with Gasteiger partial charge in [-0.05, 0) is 35.1 Å². The summed E-state index contributed by atoms with van der Waals surface area (Å²) >= 11 is 1.31. The van der Waals surface area contributed by atoms with Crippen LogP contribution in [0.4, 0.5) is 5.69 Å². The molecule has 0 saturated carbocycles. The second kappa shape index (κ2) is 7.88. The summed E-state index contributed by atoms with van der Waals surface area (Å²) in [7, 11) is 0. The minimum absolute atomic E-state index is 0.0181. The zero-order valence-corrected chi connectivity index (χ0v) is 16.2. The van der Waals surface area contributed by atoms with Crippen molar-refractivity contribution in [1.82, 2.24) is 4.90 Å². The molecular weight excluding hydrogens is 360 g/mol. The van der Waals surface area contributed by atoms with Gasteiger partial charge in [0.15, 0.2) is 0 Å². The molecular formula is C21H22N2O3S. The standard InChI is InChI=1S/C21H22N2O3S/c1-4-11-22(21(26)18-6-5-12-27-18)17-13-19(24)23(20(17)25)16-9-7-15(8-10-16)14(2)3/h4-10,12,14,17H,1,11,13H2,2-3H3. The summed E-state index contributed by atoms with van der Waals surface area (Å²) in [6.07, 6.45) is 1.55. The van der Waals surface area contributed by atoms with Gasteiger partial charge in [0.05, 0.1) is 17.0 Å². The average molecular weight is 382 g/mol. The summed E-state index contributed by atoms with van der Waals surface area (Å²) in [4.78, 5) is 41.5. The van der Waals surface area contributed by atoms with Crippen LogP contribution in [-0.2, 0) is 9.59 Å². The minimum Gasteiger partial charge on any atom is -0.322 e. The van der Waals surface area contributed by atoms with Gasteiger partial charge >= 0.3 is 0 Å². The van der Waals surface area contributed by atoms with E-state index < -0.39 is 6.04 Å². The molecule has 1 aliphatic heterocycles. The van der Waals surface area contributed by atoms with Crippen LogP contribution in [0.5, 0.6) is 0 Å². The van der Waals surface area contributed by atoms with Crippen molar-refractivity contribution in [1.29, 1.82) is 0 Å². The molecule has 1 fully saturated rings. The van der Waals surface area contributed by atoms with Crippen LogP contribution < -0.4 is 4.90 Å². The number of nitrogens with zero attached hydrogens (tertiary/aromatic N) is 2. The molecule has 0 N–H and O–H groups in total. The highest BCUT2D eigenvalue weighted by molar-refractivity contribution is 7.12. The van der Waals surface area contributed by atoms with E-state index in [2.05, 4.69) is 20.4 Å².